The Labute approximate surface area is 216 Å². The maximum absolute atomic E-state index is 14.5. The normalized spacial score (nSPS) is 19.8. The first-order chi connectivity index (χ1) is 16.8. The van der Waals surface area contributed by atoms with Gasteiger partial charge < -0.3 is 25.3 Å². The third-order valence-corrected chi connectivity index (χ3v) is 6.91. The van der Waals surface area contributed by atoms with Gasteiger partial charge in [-0.05, 0) is 42.2 Å². The van der Waals surface area contributed by atoms with Gasteiger partial charge in [-0.1, -0.05) is 11.6 Å². The summed E-state index contributed by atoms with van der Waals surface area (Å²) in [7, 11) is 2.76. The lowest BCUT2D eigenvalue weighted by atomic mass is 10.1. The topological polar surface area (TPSA) is 97.3 Å². The molecule has 1 aromatic heterocycles. The van der Waals surface area contributed by atoms with Crippen LogP contribution in [0.5, 0.6) is 5.75 Å². The number of nitrogens with one attached hydrogen (secondary N) is 3. The monoisotopic (exact) mass is 537 g/mol. The first-order valence-electron chi connectivity index (χ1n) is 11.0. The van der Waals surface area contributed by atoms with Crippen molar-refractivity contribution >= 4 is 41.5 Å². The molecule has 8 nitrogen and oxygen atoms in total. The number of carbonyl (C=O) groups is 2. The first-order valence-corrected chi connectivity index (χ1v) is 11.3. The van der Waals surface area contributed by atoms with Crippen LogP contribution in [0.4, 0.5) is 14.5 Å². The smallest absolute Gasteiger partial charge is 0.291 e. The maximum Gasteiger partial charge on any atom is 0.291 e. The number of imidazole rings is 1. The van der Waals surface area contributed by atoms with Crippen LogP contribution in [-0.2, 0) is 7.05 Å². The molecule has 3 N–H and O–H groups in total. The number of methoxy groups -OCH3 is 1. The Bertz CT molecular complexity index is 1340. The van der Waals surface area contributed by atoms with Crippen LogP contribution in [0.3, 0.4) is 0 Å². The third kappa shape index (κ3) is 4.52. The van der Waals surface area contributed by atoms with E-state index in [1.165, 1.54) is 43.1 Å². The van der Waals surface area contributed by atoms with E-state index < -0.39 is 17.5 Å². The Balaban J connectivity index is 0.00000304. The molecule has 1 aliphatic carbocycles. The van der Waals surface area contributed by atoms with Crippen molar-refractivity contribution in [1.82, 2.24) is 20.2 Å². The lowest BCUT2D eigenvalue weighted by Crippen LogP contribution is -2.32. The van der Waals surface area contributed by atoms with E-state index in [4.69, 9.17) is 16.3 Å². The minimum atomic E-state index is -1.13. The van der Waals surface area contributed by atoms with Gasteiger partial charge in [0.15, 0.2) is 17.4 Å². The molecule has 1 saturated carbocycles. The van der Waals surface area contributed by atoms with Gasteiger partial charge in [0.25, 0.3) is 11.8 Å². The summed E-state index contributed by atoms with van der Waals surface area (Å²) in [6, 6.07) is 7.41. The molecule has 2 atom stereocenters. The largest absolute Gasteiger partial charge is 0.494 e. The van der Waals surface area contributed by atoms with Crippen LogP contribution in [0.25, 0.3) is 11.3 Å². The van der Waals surface area contributed by atoms with Crippen molar-refractivity contribution in [2.75, 3.05) is 25.5 Å². The van der Waals surface area contributed by atoms with Crippen LogP contribution in [0.1, 0.15) is 21.0 Å². The number of carbonyl (C=O) groups excluding carboxylic acids is 2. The summed E-state index contributed by atoms with van der Waals surface area (Å²) >= 11 is 6.32. The standard InChI is InChI=1S/C24H22ClF2N5O3.ClH/c1-32-17(13-5-6-18(35-2)20(27)19(13)26)10-29-22(32)24(34)30-11-3-4-12(16(25)7-11)23(33)31-21-14-8-28-9-15(14)21;/h3-7,10,14-15,21,28H,8-9H2,1-2H3,(H,30,34)(H,31,33);1H. The van der Waals surface area contributed by atoms with E-state index in [0.29, 0.717) is 23.1 Å². The molecule has 0 bridgehead atoms. The molecular formula is C24H23Cl2F2N5O3. The van der Waals surface area contributed by atoms with E-state index >= 15 is 0 Å². The summed E-state index contributed by atoms with van der Waals surface area (Å²) in [5, 5.41) is 9.15. The number of aromatic nitrogens is 2. The maximum atomic E-state index is 14.5. The van der Waals surface area contributed by atoms with Gasteiger partial charge in [-0.2, -0.15) is 4.39 Å². The number of hydrogen-bond acceptors (Lipinski definition) is 5. The number of benzene rings is 2. The van der Waals surface area contributed by atoms with Gasteiger partial charge in [0.1, 0.15) is 0 Å². The highest BCUT2D eigenvalue weighted by Gasteiger charge is 2.53. The van der Waals surface area contributed by atoms with Crippen molar-refractivity contribution in [3.05, 3.63) is 64.6 Å². The Morgan fingerprint density at radius 2 is 1.86 bits per heavy atom. The van der Waals surface area contributed by atoms with Gasteiger partial charge in [0.2, 0.25) is 5.82 Å². The number of anilines is 1. The van der Waals surface area contributed by atoms with Crippen LogP contribution >= 0.6 is 24.0 Å². The lowest BCUT2D eigenvalue weighted by molar-refractivity contribution is 0.0946. The van der Waals surface area contributed by atoms with E-state index in [-0.39, 0.29) is 52.2 Å². The molecule has 12 heteroatoms. The number of ether oxygens (including phenoxy) is 1. The number of nitrogens with zero attached hydrogens (tertiary/aromatic N) is 2. The SMILES string of the molecule is COc1ccc(-c2cnc(C(=O)Nc3ccc(C(=O)NC4C5CNCC54)c(Cl)c3)n2C)c(F)c1F.Cl. The number of fused-ring (bicyclic) bond motifs is 1. The van der Waals surface area contributed by atoms with Gasteiger partial charge in [-0.25, -0.2) is 9.37 Å². The van der Waals surface area contributed by atoms with Crippen molar-refractivity contribution in [2.24, 2.45) is 18.9 Å². The average molecular weight is 538 g/mol. The molecule has 1 saturated heterocycles. The first kappa shape index (κ1) is 25.9. The Morgan fingerprint density at radius 3 is 2.53 bits per heavy atom. The minimum absolute atomic E-state index is 0. The molecule has 5 rings (SSSR count). The summed E-state index contributed by atoms with van der Waals surface area (Å²) in [6.45, 7) is 1.81. The van der Waals surface area contributed by atoms with Crippen molar-refractivity contribution in [3.63, 3.8) is 0 Å². The third-order valence-electron chi connectivity index (χ3n) is 6.60. The molecule has 3 aromatic rings. The Hall–Kier alpha value is -3.21. The zero-order valence-electron chi connectivity index (χ0n) is 19.3. The van der Waals surface area contributed by atoms with Gasteiger partial charge in [-0.15, -0.1) is 12.4 Å². The number of halogens is 4. The van der Waals surface area contributed by atoms with Gasteiger partial charge in [-0.3, -0.25) is 9.59 Å². The molecule has 1 aliphatic heterocycles. The Kier molecular flexibility index (Phi) is 7.21. The fourth-order valence-corrected chi connectivity index (χ4v) is 4.85. The molecule has 0 radical (unpaired) electrons. The van der Waals surface area contributed by atoms with Crippen molar-refractivity contribution in [3.8, 4) is 17.0 Å². The molecule has 0 spiro atoms. The van der Waals surface area contributed by atoms with Gasteiger partial charge in [0.05, 0.1) is 29.6 Å². The molecule has 36 heavy (non-hydrogen) atoms. The summed E-state index contributed by atoms with van der Waals surface area (Å²) in [5.41, 5.74) is 0.819. The van der Waals surface area contributed by atoms with Crippen molar-refractivity contribution in [2.45, 2.75) is 6.04 Å². The summed E-state index contributed by atoms with van der Waals surface area (Å²) < 4.78 is 34.8. The lowest BCUT2D eigenvalue weighted by Gasteiger charge is -2.11. The summed E-state index contributed by atoms with van der Waals surface area (Å²) in [4.78, 5) is 29.5. The van der Waals surface area contributed by atoms with E-state index in [1.54, 1.807) is 12.1 Å². The predicted octanol–water partition coefficient (Wildman–Crippen LogP) is 3.65. The van der Waals surface area contributed by atoms with Crippen LogP contribution in [0.2, 0.25) is 5.02 Å². The molecule has 2 fully saturated rings. The second-order valence-electron chi connectivity index (χ2n) is 8.60. The zero-order chi connectivity index (χ0) is 24.9. The number of rotatable bonds is 6. The van der Waals surface area contributed by atoms with E-state index in [9.17, 15) is 18.4 Å². The summed E-state index contributed by atoms with van der Waals surface area (Å²) in [6.07, 6.45) is 1.28. The minimum Gasteiger partial charge on any atom is -0.494 e. The molecular weight excluding hydrogens is 515 g/mol. The van der Waals surface area contributed by atoms with E-state index in [0.717, 1.165) is 13.1 Å². The molecule has 2 unspecified atom stereocenters. The van der Waals surface area contributed by atoms with Crippen LogP contribution in [0, 0.1) is 23.5 Å². The van der Waals surface area contributed by atoms with Crippen LogP contribution in [-0.4, -0.2) is 47.6 Å². The Morgan fingerprint density at radius 1 is 1.14 bits per heavy atom. The second kappa shape index (κ2) is 10.0. The van der Waals surface area contributed by atoms with Crippen molar-refractivity contribution in [1.29, 1.82) is 0 Å². The number of amides is 2. The summed E-state index contributed by atoms with van der Waals surface area (Å²) in [5.74, 6) is -2.37. The van der Waals surface area contributed by atoms with E-state index in [2.05, 4.69) is 20.9 Å². The molecule has 2 heterocycles. The highest BCUT2D eigenvalue weighted by atomic mass is 35.5. The molecule has 2 amide bonds. The highest BCUT2D eigenvalue weighted by Crippen LogP contribution is 2.42. The van der Waals surface area contributed by atoms with Crippen LogP contribution in [0.15, 0.2) is 36.5 Å². The fourth-order valence-electron chi connectivity index (χ4n) is 4.58. The number of piperidine rings is 1. The van der Waals surface area contributed by atoms with Crippen LogP contribution < -0.4 is 20.7 Å². The second-order valence-corrected chi connectivity index (χ2v) is 9.01. The quantitative estimate of drug-likeness (QED) is 0.446. The van der Waals surface area contributed by atoms with Crippen molar-refractivity contribution < 1.29 is 23.1 Å². The molecule has 2 aliphatic rings. The number of hydrogen-bond donors (Lipinski definition) is 3. The van der Waals surface area contributed by atoms with E-state index in [1.807, 2.05) is 0 Å². The fraction of sp³-hybridized carbons (Fsp3) is 0.292. The zero-order valence-corrected chi connectivity index (χ0v) is 20.8. The molecule has 190 valence electrons. The highest BCUT2D eigenvalue weighted by molar-refractivity contribution is 6.34. The van der Waals surface area contributed by atoms with Gasteiger partial charge in [0, 0.05) is 37.4 Å². The average Bonchev–Trinajstić information content (AvgIpc) is 3.16. The molecule has 2 aromatic carbocycles. The predicted molar refractivity (Wildman–Crippen MR) is 133 cm³/mol. The van der Waals surface area contributed by atoms with Gasteiger partial charge >= 0.3 is 0 Å².